The highest BCUT2D eigenvalue weighted by atomic mass is 32.2. The molecule has 0 aromatic carbocycles. The lowest BCUT2D eigenvalue weighted by Gasteiger charge is -2.01. The Balaban J connectivity index is 1.73. The van der Waals surface area contributed by atoms with E-state index >= 15 is 0 Å². The molecule has 0 aliphatic carbocycles. The smallest absolute Gasteiger partial charge is 0.149 e. The monoisotopic (exact) mass is 285 g/mol. The summed E-state index contributed by atoms with van der Waals surface area (Å²) in [4.78, 5) is 4.28. The molecule has 0 aliphatic rings. The van der Waals surface area contributed by atoms with Crippen molar-refractivity contribution < 1.29 is 0 Å². The van der Waals surface area contributed by atoms with Crippen LogP contribution < -0.4 is 0 Å². The highest BCUT2D eigenvalue weighted by molar-refractivity contribution is 8.00. The number of hydrogen-bond acceptors (Lipinski definition) is 3. The second-order valence-corrected chi connectivity index (χ2v) is 7.07. The average molecular weight is 286 g/mol. The Morgan fingerprint density at radius 3 is 2.11 bits per heavy atom. The van der Waals surface area contributed by atoms with Gasteiger partial charge in [-0.1, -0.05) is 76.5 Å². The number of nitrogens with zero attached hydrogens (tertiary/aromatic N) is 1. The van der Waals surface area contributed by atoms with Gasteiger partial charge in [-0.05, 0) is 6.42 Å². The van der Waals surface area contributed by atoms with Gasteiger partial charge in [0, 0.05) is 17.3 Å². The van der Waals surface area contributed by atoms with E-state index < -0.39 is 0 Å². The molecule has 1 aromatic rings. The van der Waals surface area contributed by atoms with Crippen LogP contribution in [0.2, 0.25) is 0 Å². The number of thioether (sulfide) groups is 1. The van der Waals surface area contributed by atoms with E-state index in [2.05, 4.69) is 17.3 Å². The lowest BCUT2D eigenvalue weighted by molar-refractivity contribution is 0.563. The Morgan fingerprint density at radius 1 is 0.944 bits per heavy atom. The Morgan fingerprint density at radius 2 is 1.56 bits per heavy atom. The molecule has 1 rings (SSSR count). The molecule has 0 spiro atoms. The zero-order chi connectivity index (χ0) is 12.9. The van der Waals surface area contributed by atoms with Crippen molar-refractivity contribution in [3.63, 3.8) is 0 Å². The fraction of sp³-hybridized carbons (Fsp3) is 0.800. The van der Waals surface area contributed by atoms with Crippen molar-refractivity contribution in [2.24, 2.45) is 0 Å². The highest BCUT2D eigenvalue weighted by Gasteiger charge is 1.96. The molecule has 0 bridgehead atoms. The van der Waals surface area contributed by atoms with Crippen LogP contribution in [0.1, 0.15) is 71.1 Å². The second-order valence-electron chi connectivity index (χ2n) is 4.83. The van der Waals surface area contributed by atoms with E-state index in [1.54, 1.807) is 11.3 Å². The molecular weight excluding hydrogens is 258 g/mol. The summed E-state index contributed by atoms with van der Waals surface area (Å²) in [5.41, 5.74) is 0. The van der Waals surface area contributed by atoms with Crippen molar-refractivity contribution in [2.75, 3.05) is 5.75 Å². The van der Waals surface area contributed by atoms with Gasteiger partial charge in [0.15, 0.2) is 0 Å². The fourth-order valence-electron chi connectivity index (χ4n) is 2.03. The van der Waals surface area contributed by atoms with Gasteiger partial charge in [0.1, 0.15) is 4.34 Å². The summed E-state index contributed by atoms with van der Waals surface area (Å²) in [7, 11) is 0. The lowest BCUT2D eigenvalue weighted by Crippen LogP contribution is -1.83. The molecule has 1 aromatic heterocycles. The standard InChI is InChI=1S/C15H27NS2/c1-2-3-4-5-6-7-8-9-10-11-13-17-15-16-12-14-18-15/h12,14H,2-11,13H2,1H3. The minimum atomic E-state index is 1.23. The maximum atomic E-state index is 4.28. The molecule has 18 heavy (non-hydrogen) atoms. The van der Waals surface area contributed by atoms with Gasteiger partial charge in [-0.3, -0.25) is 0 Å². The quantitative estimate of drug-likeness (QED) is 0.337. The molecule has 0 unspecified atom stereocenters. The van der Waals surface area contributed by atoms with Gasteiger partial charge >= 0.3 is 0 Å². The maximum Gasteiger partial charge on any atom is 0.149 e. The van der Waals surface area contributed by atoms with Crippen LogP contribution in [0.15, 0.2) is 15.9 Å². The molecule has 0 fully saturated rings. The van der Waals surface area contributed by atoms with Gasteiger partial charge in [0.25, 0.3) is 0 Å². The number of aromatic nitrogens is 1. The Labute approximate surface area is 121 Å². The van der Waals surface area contributed by atoms with Crippen molar-refractivity contribution in [3.8, 4) is 0 Å². The second kappa shape index (κ2) is 12.0. The third-order valence-electron chi connectivity index (χ3n) is 3.13. The first kappa shape index (κ1) is 16.0. The Kier molecular flexibility index (Phi) is 10.7. The SMILES string of the molecule is CCCCCCCCCCCCSc1nccs1. The van der Waals surface area contributed by atoms with Gasteiger partial charge in [-0.2, -0.15) is 0 Å². The molecule has 0 radical (unpaired) electrons. The van der Waals surface area contributed by atoms with Crippen molar-refractivity contribution in [2.45, 2.75) is 75.5 Å². The molecule has 0 amide bonds. The van der Waals surface area contributed by atoms with Gasteiger partial charge < -0.3 is 0 Å². The first-order valence-electron chi connectivity index (χ1n) is 7.45. The maximum absolute atomic E-state index is 4.28. The van der Waals surface area contributed by atoms with Gasteiger partial charge in [0.2, 0.25) is 0 Å². The summed E-state index contributed by atoms with van der Waals surface area (Å²) < 4.78 is 1.23. The van der Waals surface area contributed by atoms with Crippen LogP contribution in [0.3, 0.4) is 0 Å². The molecule has 0 atom stereocenters. The molecule has 1 heterocycles. The minimum Gasteiger partial charge on any atom is -0.238 e. The van der Waals surface area contributed by atoms with E-state index in [0.717, 1.165) is 0 Å². The summed E-state index contributed by atoms with van der Waals surface area (Å²) in [6.07, 6.45) is 16.1. The zero-order valence-corrected chi connectivity index (χ0v) is 13.3. The first-order chi connectivity index (χ1) is 8.93. The van der Waals surface area contributed by atoms with E-state index in [0.29, 0.717) is 0 Å². The van der Waals surface area contributed by atoms with E-state index in [1.165, 1.54) is 74.3 Å². The predicted octanol–water partition coefficient (Wildman–Crippen LogP) is 6.16. The van der Waals surface area contributed by atoms with Gasteiger partial charge in [-0.15, -0.1) is 11.3 Å². The Bertz CT molecular complexity index is 259. The van der Waals surface area contributed by atoms with Gasteiger partial charge in [-0.25, -0.2) is 4.98 Å². The average Bonchev–Trinajstić information content (AvgIpc) is 2.89. The molecular formula is C15H27NS2. The van der Waals surface area contributed by atoms with E-state index in [9.17, 15) is 0 Å². The largest absolute Gasteiger partial charge is 0.238 e. The van der Waals surface area contributed by atoms with Crippen molar-refractivity contribution in [1.29, 1.82) is 0 Å². The van der Waals surface area contributed by atoms with Crippen molar-refractivity contribution >= 4 is 23.1 Å². The van der Waals surface area contributed by atoms with E-state index in [4.69, 9.17) is 0 Å². The normalized spacial score (nSPS) is 10.9. The molecule has 0 saturated heterocycles. The summed E-state index contributed by atoms with van der Waals surface area (Å²) in [6, 6.07) is 0. The molecule has 0 N–H and O–H groups in total. The van der Waals surface area contributed by atoms with Crippen molar-refractivity contribution in [1.82, 2.24) is 4.98 Å². The topological polar surface area (TPSA) is 12.9 Å². The van der Waals surface area contributed by atoms with Crippen LogP contribution >= 0.6 is 23.1 Å². The van der Waals surface area contributed by atoms with E-state index in [-0.39, 0.29) is 0 Å². The molecule has 3 heteroatoms. The summed E-state index contributed by atoms with van der Waals surface area (Å²) in [5.74, 6) is 1.24. The number of rotatable bonds is 12. The highest BCUT2D eigenvalue weighted by Crippen LogP contribution is 2.21. The van der Waals surface area contributed by atoms with Crippen LogP contribution in [0.5, 0.6) is 0 Å². The Hall–Kier alpha value is -0.0200. The van der Waals surface area contributed by atoms with Crippen LogP contribution in [-0.2, 0) is 0 Å². The lowest BCUT2D eigenvalue weighted by atomic mass is 10.1. The molecule has 1 nitrogen and oxygen atoms in total. The van der Waals surface area contributed by atoms with E-state index in [1.807, 2.05) is 18.0 Å². The van der Waals surface area contributed by atoms with Crippen LogP contribution in [-0.4, -0.2) is 10.7 Å². The minimum absolute atomic E-state index is 1.23. The number of thiazole rings is 1. The number of unbranched alkanes of at least 4 members (excludes halogenated alkanes) is 9. The first-order valence-corrected chi connectivity index (χ1v) is 9.32. The summed E-state index contributed by atoms with van der Waals surface area (Å²) in [6.45, 7) is 2.28. The van der Waals surface area contributed by atoms with Crippen LogP contribution in [0.25, 0.3) is 0 Å². The molecule has 104 valence electrons. The predicted molar refractivity (Wildman–Crippen MR) is 84.7 cm³/mol. The van der Waals surface area contributed by atoms with Crippen LogP contribution in [0.4, 0.5) is 0 Å². The zero-order valence-electron chi connectivity index (χ0n) is 11.7. The van der Waals surface area contributed by atoms with Gasteiger partial charge in [0.05, 0.1) is 0 Å². The van der Waals surface area contributed by atoms with Crippen LogP contribution in [0, 0.1) is 0 Å². The fourth-order valence-corrected chi connectivity index (χ4v) is 3.74. The van der Waals surface area contributed by atoms with Crippen molar-refractivity contribution in [3.05, 3.63) is 11.6 Å². The third-order valence-corrected chi connectivity index (χ3v) is 5.19. The summed E-state index contributed by atoms with van der Waals surface area (Å²) in [5, 5.41) is 2.06. The molecule has 0 saturated carbocycles. The number of hydrogen-bond donors (Lipinski definition) is 0. The molecule has 0 aliphatic heterocycles. The third kappa shape index (κ3) is 8.98. The summed E-state index contributed by atoms with van der Waals surface area (Å²) >= 11 is 3.67.